The van der Waals surface area contributed by atoms with Gasteiger partial charge in [-0.15, -0.1) is 0 Å². The fourth-order valence-corrected chi connectivity index (χ4v) is 3.42. The lowest BCUT2D eigenvalue weighted by atomic mass is 9.76. The van der Waals surface area contributed by atoms with E-state index in [1.165, 1.54) is 25.4 Å². The first-order valence-corrected chi connectivity index (χ1v) is 8.61. The van der Waals surface area contributed by atoms with Crippen LogP contribution in [0.15, 0.2) is 46.3 Å². The highest BCUT2D eigenvalue weighted by molar-refractivity contribution is 6.05. The average molecular weight is 385 g/mol. The van der Waals surface area contributed by atoms with E-state index >= 15 is 0 Å². The number of H-pyrrole nitrogens is 1. The van der Waals surface area contributed by atoms with E-state index in [0.29, 0.717) is 11.4 Å². The first-order valence-electron chi connectivity index (χ1n) is 8.61. The van der Waals surface area contributed by atoms with Gasteiger partial charge < -0.3 is 14.5 Å². The van der Waals surface area contributed by atoms with E-state index < -0.39 is 28.3 Å². The third kappa shape index (κ3) is 3.56. The molecule has 28 heavy (non-hydrogen) atoms. The maximum Gasteiger partial charge on any atom is 0.315 e. The molecule has 0 saturated heterocycles. The molecule has 0 fully saturated rings. The van der Waals surface area contributed by atoms with Gasteiger partial charge in [0.25, 0.3) is 11.2 Å². The minimum atomic E-state index is -0.964. The number of carbonyl (C=O) groups is 1. The fourth-order valence-electron chi connectivity index (χ4n) is 3.42. The van der Waals surface area contributed by atoms with Crippen LogP contribution >= 0.6 is 0 Å². The fraction of sp³-hybridized carbons (Fsp3) is 0.316. The Kier molecular flexibility index (Phi) is 5.65. The number of pyridine rings is 1. The molecule has 146 valence electrons. The molecule has 9 nitrogen and oxygen atoms in total. The molecule has 1 aromatic heterocycles. The number of rotatable bonds is 6. The van der Waals surface area contributed by atoms with Gasteiger partial charge in [0.15, 0.2) is 0 Å². The summed E-state index contributed by atoms with van der Waals surface area (Å²) in [6.07, 6.45) is 1.45. The van der Waals surface area contributed by atoms with Crippen LogP contribution < -0.4 is 5.56 Å². The Morgan fingerprint density at radius 2 is 2.04 bits per heavy atom. The second-order valence-electron chi connectivity index (χ2n) is 6.29. The van der Waals surface area contributed by atoms with Crippen molar-refractivity contribution in [3.8, 4) is 0 Å². The minimum Gasteiger partial charge on any atom is -0.463 e. The number of aromatic amines is 1. The molecule has 0 aliphatic carbocycles. The van der Waals surface area contributed by atoms with Crippen LogP contribution in [0.25, 0.3) is 0 Å². The molecule has 1 aliphatic heterocycles. The summed E-state index contributed by atoms with van der Waals surface area (Å²) in [7, 11) is 1.48. The Morgan fingerprint density at radius 3 is 2.75 bits per heavy atom. The quantitative estimate of drug-likeness (QED) is 0.352. The van der Waals surface area contributed by atoms with Gasteiger partial charge in [0, 0.05) is 36.6 Å². The lowest BCUT2D eigenvalue weighted by Gasteiger charge is -2.30. The third-order valence-electron chi connectivity index (χ3n) is 4.62. The van der Waals surface area contributed by atoms with Gasteiger partial charge in [0.2, 0.25) is 0 Å². The molecule has 1 N–H and O–H groups in total. The van der Waals surface area contributed by atoms with E-state index in [4.69, 9.17) is 9.47 Å². The van der Waals surface area contributed by atoms with Crippen LogP contribution in [0.4, 0.5) is 11.4 Å². The van der Waals surface area contributed by atoms with Crippen molar-refractivity contribution in [2.24, 2.45) is 10.9 Å². The van der Waals surface area contributed by atoms with Crippen LogP contribution in [0, 0.1) is 16.0 Å². The van der Waals surface area contributed by atoms with Gasteiger partial charge in [-0.05, 0) is 13.0 Å². The van der Waals surface area contributed by atoms with Crippen molar-refractivity contribution in [1.82, 2.24) is 4.98 Å². The van der Waals surface area contributed by atoms with Crippen molar-refractivity contribution in [1.29, 1.82) is 0 Å². The van der Waals surface area contributed by atoms with E-state index in [9.17, 15) is 19.7 Å². The number of nitro benzene ring substituents is 1. The number of hydrogen-bond donors (Lipinski definition) is 1. The van der Waals surface area contributed by atoms with E-state index in [2.05, 4.69) is 9.98 Å². The summed E-state index contributed by atoms with van der Waals surface area (Å²) in [5.74, 6) is -2.47. The molecule has 0 bridgehead atoms. The molecule has 9 heteroatoms. The van der Waals surface area contributed by atoms with Crippen LogP contribution in [0.1, 0.15) is 24.0 Å². The maximum atomic E-state index is 12.8. The van der Waals surface area contributed by atoms with Crippen molar-refractivity contribution in [3.05, 3.63) is 68.1 Å². The summed E-state index contributed by atoms with van der Waals surface area (Å²) in [5.41, 5.74) is 0.635. The van der Waals surface area contributed by atoms with Crippen molar-refractivity contribution >= 4 is 23.1 Å². The number of nitro groups is 1. The number of methoxy groups -OCH3 is 1. The Hall–Kier alpha value is -3.33. The van der Waals surface area contributed by atoms with Gasteiger partial charge in [0.1, 0.15) is 12.5 Å². The summed E-state index contributed by atoms with van der Waals surface area (Å²) in [6.45, 7) is 1.89. The van der Waals surface area contributed by atoms with Crippen LogP contribution in [0.5, 0.6) is 0 Å². The Labute approximate surface area is 160 Å². The standard InChI is InChI=1S/C19H19N3O6/c1-11-15(19(24)28-10-9-27-2)16(12-5-3-4-6-14(12)22(25)26)17-13(21-11)7-8-20-18(17)23/h3-8,15-16H,9-10H2,1-2H3,(H,20,23). The minimum absolute atomic E-state index is 0.0285. The van der Waals surface area contributed by atoms with Gasteiger partial charge in [-0.3, -0.25) is 24.7 Å². The molecule has 1 aliphatic rings. The van der Waals surface area contributed by atoms with Gasteiger partial charge in [-0.1, -0.05) is 18.2 Å². The molecule has 1 aromatic carbocycles. The SMILES string of the molecule is COCCOC(=O)C1C(C)=Nc2cc[nH]c(=O)c2C1c1ccccc1[N+](=O)[O-]. The second-order valence-corrected chi connectivity index (χ2v) is 6.29. The number of benzene rings is 1. The Bertz CT molecular complexity index is 997. The first-order chi connectivity index (χ1) is 13.5. The van der Waals surface area contributed by atoms with E-state index in [-0.39, 0.29) is 30.0 Å². The Morgan fingerprint density at radius 1 is 1.29 bits per heavy atom. The Balaban J connectivity index is 2.19. The zero-order chi connectivity index (χ0) is 20.3. The van der Waals surface area contributed by atoms with Crippen LogP contribution in [-0.4, -0.2) is 41.9 Å². The molecule has 0 spiro atoms. The highest BCUT2D eigenvalue weighted by atomic mass is 16.6. The van der Waals surface area contributed by atoms with Crippen molar-refractivity contribution in [2.45, 2.75) is 12.8 Å². The molecule has 2 aromatic rings. The van der Waals surface area contributed by atoms with Gasteiger partial charge in [0.05, 0.1) is 22.8 Å². The van der Waals surface area contributed by atoms with Crippen molar-refractivity contribution in [3.63, 3.8) is 0 Å². The van der Waals surface area contributed by atoms with E-state index in [1.807, 2.05) is 0 Å². The molecule has 2 heterocycles. The number of para-hydroxylation sites is 1. The number of ether oxygens (including phenoxy) is 2. The summed E-state index contributed by atoms with van der Waals surface area (Å²) in [5, 5.41) is 11.6. The molecule has 0 radical (unpaired) electrons. The van der Waals surface area contributed by atoms with Crippen molar-refractivity contribution in [2.75, 3.05) is 20.3 Å². The number of carbonyl (C=O) groups excluding carboxylic acids is 1. The third-order valence-corrected chi connectivity index (χ3v) is 4.62. The summed E-state index contributed by atoms with van der Waals surface area (Å²) in [4.78, 5) is 43.4. The van der Waals surface area contributed by atoms with Crippen LogP contribution in [0.3, 0.4) is 0 Å². The predicted molar refractivity (Wildman–Crippen MR) is 101 cm³/mol. The normalized spacial score (nSPS) is 18.1. The maximum absolute atomic E-state index is 12.8. The number of hydrogen-bond acceptors (Lipinski definition) is 7. The molecule has 0 saturated carbocycles. The van der Waals surface area contributed by atoms with E-state index in [1.54, 1.807) is 25.1 Å². The number of nitrogens with zero attached hydrogens (tertiary/aromatic N) is 2. The highest BCUT2D eigenvalue weighted by Crippen LogP contribution is 2.43. The van der Waals surface area contributed by atoms with E-state index in [0.717, 1.165) is 0 Å². The van der Waals surface area contributed by atoms with Crippen molar-refractivity contribution < 1.29 is 19.2 Å². The summed E-state index contributed by atoms with van der Waals surface area (Å²) in [6, 6.07) is 7.67. The molecule has 0 amide bonds. The van der Waals surface area contributed by atoms with Crippen LogP contribution in [-0.2, 0) is 14.3 Å². The van der Waals surface area contributed by atoms with Gasteiger partial charge >= 0.3 is 5.97 Å². The first kappa shape index (κ1) is 19.4. The average Bonchev–Trinajstić information content (AvgIpc) is 2.67. The number of esters is 1. The molecular formula is C19H19N3O6. The molecule has 2 unspecified atom stereocenters. The summed E-state index contributed by atoms with van der Waals surface area (Å²) >= 11 is 0. The number of aliphatic imine (C=N–C) groups is 1. The number of fused-ring (bicyclic) bond motifs is 1. The summed E-state index contributed by atoms with van der Waals surface area (Å²) < 4.78 is 10.2. The predicted octanol–water partition coefficient (Wildman–Crippen LogP) is 2.33. The number of aromatic nitrogens is 1. The lowest BCUT2D eigenvalue weighted by Crippen LogP contribution is -2.37. The highest BCUT2D eigenvalue weighted by Gasteiger charge is 2.42. The molecular weight excluding hydrogens is 366 g/mol. The zero-order valence-electron chi connectivity index (χ0n) is 15.4. The zero-order valence-corrected chi connectivity index (χ0v) is 15.4. The molecule has 3 rings (SSSR count). The largest absolute Gasteiger partial charge is 0.463 e. The monoisotopic (exact) mass is 385 g/mol. The topological polar surface area (TPSA) is 124 Å². The smallest absolute Gasteiger partial charge is 0.315 e. The van der Waals surface area contributed by atoms with Gasteiger partial charge in [-0.2, -0.15) is 0 Å². The van der Waals surface area contributed by atoms with Crippen LogP contribution in [0.2, 0.25) is 0 Å². The van der Waals surface area contributed by atoms with Gasteiger partial charge in [-0.25, -0.2) is 0 Å². The lowest BCUT2D eigenvalue weighted by molar-refractivity contribution is -0.385. The number of nitrogens with one attached hydrogen (secondary N) is 1. The second kappa shape index (κ2) is 8.13. The molecule has 2 atom stereocenters.